The monoisotopic (exact) mass is 276 g/mol. The molecule has 5 nitrogen and oxygen atoms in total. The van der Waals surface area contributed by atoms with Gasteiger partial charge < -0.3 is 10.5 Å². The second kappa shape index (κ2) is 6.12. The maximum absolute atomic E-state index is 13.2. The quantitative estimate of drug-likeness (QED) is 0.763. The minimum absolute atomic E-state index is 0.244. The molecule has 0 aliphatic carbocycles. The summed E-state index contributed by atoms with van der Waals surface area (Å²) < 4.78 is 44.4. The van der Waals surface area contributed by atoms with E-state index < -0.39 is 15.8 Å². The van der Waals surface area contributed by atoms with E-state index in [-0.39, 0.29) is 16.6 Å². The van der Waals surface area contributed by atoms with Crippen molar-refractivity contribution in [2.24, 2.45) is 0 Å². The van der Waals surface area contributed by atoms with Crippen LogP contribution in [0.5, 0.6) is 0 Å². The fourth-order valence-corrected chi connectivity index (χ4v) is 2.85. The number of sulfonamides is 1. The molecule has 0 amide bonds. The van der Waals surface area contributed by atoms with E-state index in [4.69, 9.17) is 10.5 Å². The molecule has 1 aromatic carbocycles. The van der Waals surface area contributed by atoms with Crippen LogP contribution in [0.25, 0.3) is 0 Å². The van der Waals surface area contributed by atoms with Crippen LogP contribution in [0, 0.1) is 5.82 Å². The molecule has 1 unspecified atom stereocenters. The van der Waals surface area contributed by atoms with Gasteiger partial charge in [-0.25, -0.2) is 17.5 Å². The normalized spacial score (nSPS) is 13.5. The Kier molecular flexibility index (Phi) is 5.06. The Morgan fingerprint density at radius 2 is 2.17 bits per heavy atom. The van der Waals surface area contributed by atoms with Gasteiger partial charge in [-0.1, -0.05) is 6.07 Å². The van der Waals surface area contributed by atoms with Gasteiger partial charge in [0.1, 0.15) is 10.7 Å². The summed E-state index contributed by atoms with van der Waals surface area (Å²) in [5.41, 5.74) is 5.05. The lowest BCUT2D eigenvalue weighted by Gasteiger charge is -2.15. The molecule has 18 heavy (non-hydrogen) atoms. The largest absolute Gasteiger partial charge is 0.395 e. The number of nitrogens with two attached hydrogens (primary N) is 1. The van der Waals surface area contributed by atoms with E-state index in [1.807, 2.05) is 0 Å². The Hall–Kier alpha value is -1.18. The summed E-state index contributed by atoms with van der Waals surface area (Å²) in [5.74, 6) is -0.748. The lowest BCUT2D eigenvalue weighted by molar-refractivity contribution is 0.188. The molecule has 0 aliphatic heterocycles. The molecular formula is C11H17FN2O3S. The fraction of sp³-hybridized carbons (Fsp3) is 0.455. The number of rotatable bonds is 6. The number of benzene rings is 1. The molecule has 0 saturated carbocycles. The standard InChI is InChI=1S/C11H17FN2O3S/c1-8(6-7-17-2)14-18(15,16)10-5-3-4-9(12)11(10)13/h3-5,8,14H,6-7,13H2,1-2H3. The van der Waals surface area contributed by atoms with Crippen molar-refractivity contribution in [3.05, 3.63) is 24.0 Å². The molecule has 0 radical (unpaired) electrons. The number of ether oxygens (including phenoxy) is 1. The third-order valence-electron chi connectivity index (χ3n) is 2.41. The van der Waals surface area contributed by atoms with Crippen LogP contribution < -0.4 is 10.5 Å². The maximum Gasteiger partial charge on any atom is 0.242 e. The first-order valence-electron chi connectivity index (χ1n) is 5.43. The summed E-state index contributed by atoms with van der Waals surface area (Å²) in [6, 6.07) is 3.37. The Morgan fingerprint density at radius 1 is 1.50 bits per heavy atom. The maximum atomic E-state index is 13.2. The van der Waals surface area contributed by atoms with Crippen molar-refractivity contribution in [1.29, 1.82) is 0 Å². The van der Waals surface area contributed by atoms with Crippen LogP contribution in [-0.4, -0.2) is 28.2 Å². The van der Waals surface area contributed by atoms with Gasteiger partial charge in [-0.3, -0.25) is 0 Å². The molecule has 0 heterocycles. The molecule has 102 valence electrons. The summed E-state index contributed by atoms with van der Waals surface area (Å²) in [4.78, 5) is -0.244. The Balaban J connectivity index is 2.90. The first kappa shape index (κ1) is 14.9. The molecule has 3 N–H and O–H groups in total. The highest BCUT2D eigenvalue weighted by Crippen LogP contribution is 2.21. The highest BCUT2D eigenvalue weighted by molar-refractivity contribution is 7.89. The molecule has 7 heteroatoms. The van der Waals surface area contributed by atoms with Crippen LogP contribution in [0.15, 0.2) is 23.1 Å². The average Bonchev–Trinajstić information content (AvgIpc) is 2.29. The van der Waals surface area contributed by atoms with E-state index in [2.05, 4.69) is 4.72 Å². The van der Waals surface area contributed by atoms with Crippen LogP contribution in [-0.2, 0) is 14.8 Å². The number of nitrogen functional groups attached to an aromatic ring is 1. The summed E-state index contributed by atoms with van der Waals surface area (Å²) in [7, 11) is -2.28. The zero-order valence-electron chi connectivity index (χ0n) is 10.3. The number of methoxy groups -OCH3 is 1. The van der Waals surface area contributed by atoms with Crippen molar-refractivity contribution in [2.75, 3.05) is 19.5 Å². The van der Waals surface area contributed by atoms with Gasteiger partial charge in [-0.15, -0.1) is 0 Å². The third-order valence-corrected chi connectivity index (χ3v) is 4.06. The van der Waals surface area contributed by atoms with Gasteiger partial charge in [0.25, 0.3) is 0 Å². The van der Waals surface area contributed by atoms with Crippen molar-refractivity contribution in [1.82, 2.24) is 4.72 Å². The fourth-order valence-electron chi connectivity index (χ4n) is 1.43. The Labute approximate surface area is 106 Å². The van der Waals surface area contributed by atoms with Gasteiger partial charge in [0.15, 0.2) is 0 Å². The summed E-state index contributed by atoms with van der Waals surface area (Å²) >= 11 is 0. The minimum Gasteiger partial charge on any atom is -0.395 e. The number of halogens is 1. The van der Waals surface area contributed by atoms with E-state index in [1.165, 1.54) is 19.2 Å². The highest BCUT2D eigenvalue weighted by atomic mass is 32.2. The molecule has 0 aromatic heterocycles. The molecular weight excluding hydrogens is 259 g/mol. The van der Waals surface area contributed by atoms with Crippen molar-refractivity contribution in [2.45, 2.75) is 24.3 Å². The summed E-state index contributed by atoms with van der Waals surface area (Å²) in [6.07, 6.45) is 0.519. The molecule has 0 bridgehead atoms. The van der Waals surface area contributed by atoms with Gasteiger partial charge in [0, 0.05) is 19.8 Å². The van der Waals surface area contributed by atoms with Crippen molar-refractivity contribution in [3.63, 3.8) is 0 Å². The third kappa shape index (κ3) is 3.66. The van der Waals surface area contributed by atoms with E-state index in [1.54, 1.807) is 6.92 Å². The van der Waals surface area contributed by atoms with Gasteiger partial charge in [-0.2, -0.15) is 0 Å². The predicted molar refractivity (Wildman–Crippen MR) is 67.1 cm³/mol. The second-order valence-electron chi connectivity index (χ2n) is 3.96. The van der Waals surface area contributed by atoms with Crippen LogP contribution in [0.1, 0.15) is 13.3 Å². The lowest BCUT2D eigenvalue weighted by Crippen LogP contribution is -2.33. The predicted octanol–water partition coefficient (Wildman–Crippen LogP) is 1.11. The van der Waals surface area contributed by atoms with Gasteiger partial charge in [-0.05, 0) is 25.5 Å². The van der Waals surface area contributed by atoms with Crippen LogP contribution in [0.2, 0.25) is 0 Å². The van der Waals surface area contributed by atoms with Crippen LogP contribution in [0.3, 0.4) is 0 Å². The second-order valence-corrected chi connectivity index (χ2v) is 5.64. The number of hydrogen-bond donors (Lipinski definition) is 2. The highest BCUT2D eigenvalue weighted by Gasteiger charge is 2.21. The Morgan fingerprint density at radius 3 is 2.78 bits per heavy atom. The minimum atomic E-state index is -3.81. The number of hydrogen-bond acceptors (Lipinski definition) is 4. The van der Waals surface area contributed by atoms with E-state index in [0.717, 1.165) is 6.07 Å². The van der Waals surface area contributed by atoms with Gasteiger partial charge in [0.05, 0.1) is 5.69 Å². The van der Waals surface area contributed by atoms with Crippen molar-refractivity contribution in [3.8, 4) is 0 Å². The summed E-state index contributed by atoms with van der Waals surface area (Å²) in [6.45, 7) is 2.13. The number of anilines is 1. The van der Waals surface area contributed by atoms with Gasteiger partial charge in [0.2, 0.25) is 10.0 Å². The molecule has 1 atom stereocenters. The molecule has 0 saturated heterocycles. The van der Waals surface area contributed by atoms with E-state index >= 15 is 0 Å². The van der Waals surface area contributed by atoms with Crippen LogP contribution >= 0.6 is 0 Å². The van der Waals surface area contributed by atoms with Crippen molar-refractivity contribution >= 4 is 15.7 Å². The molecule has 0 aliphatic rings. The molecule has 0 fully saturated rings. The molecule has 1 aromatic rings. The number of para-hydroxylation sites is 1. The first-order chi connectivity index (χ1) is 8.38. The smallest absolute Gasteiger partial charge is 0.242 e. The van der Waals surface area contributed by atoms with Gasteiger partial charge >= 0.3 is 0 Å². The van der Waals surface area contributed by atoms with E-state index in [9.17, 15) is 12.8 Å². The summed E-state index contributed by atoms with van der Waals surface area (Å²) in [5, 5.41) is 0. The zero-order chi connectivity index (χ0) is 13.8. The lowest BCUT2D eigenvalue weighted by atomic mass is 10.3. The number of nitrogens with one attached hydrogen (secondary N) is 1. The molecule has 1 rings (SSSR count). The SMILES string of the molecule is COCCC(C)NS(=O)(=O)c1cccc(F)c1N. The molecule has 0 spiro atoms. The Bertz CT molecular complexity index is 505. The topological polar surface area (TPSA) is 81.4 Å². The van der Waals surface area contributed by atoms with E-state index in [0.29, 0.717) is 13.0 Å². The van der Waals surface area contributed by atoms with Crippen LogP contribution in [0.4, 0.5) is 10.1 Å². The zero-order valence-corrected chi connectivity index (χ0v) is 11.1. The first-order valence-corrected chi connectivity index (χ1v) is 6.92. The van der Waals surface area contributed by atoms with Crippen molar-refractivity contribution < 1.29 is 17.5 Å². The average molecular weight is 276 g/mol.